The Morgan fingerprint density at radius 1 is 1.56 bits per heavy atom. The molecule has 1 aliphatic heterocycles. The predicted molar refractivity (Wildman–Crippen MR) is 66.6 cm³/mol. The third kappa shape index (κ3) is 3.67. The SMILES string of the molecule is CC1CCCN(CCC(C)(C)C(N)=NO)C1. The van der Waals surface area contributed by atoms with Crippen LogP contribution in [0.1, 0.15) is 40.0 Å². The maximum Gasteiger partial charge on any atom is 0.144 e. The number of amidine groups is 1. The molecule has 3 N–H and O–H groups in total. The first-order chi connectivity index (χ1) is 7.45. The zero-order valence-electron chi connectivity index (χ0n) is 10.7. The molecule has 16 heavy (non-hydrogen) atoms. The molecule has 94 valence electrons. The van der Waals surface area contributed by atoms with Crippen molar-refractivity contribution in [3.63, 3.8) is 0 Å². The Morgan fingerprint density at radius 2 is 2.25 bits per heavy atom. The summed E-state index contributed by atoms with van der Waals surface area (Å²) in [6.07, 6.45) is 3.58. The fourth-order valence-corrected chi connectivity index (χ4v) is 2.19. The van der Waals surface area contributed by atoms with Gasteiger partial charge in [-0.3, -0.25) is 0 Å². The van der Waals surface area contributed by atoms with E-state index in [4.69, 9.17) is 10.9 Å². The molecular formula is C12H25N3O. The maximum absolute atomic E-state index is 8.70. The first-order valence-corrected chi connectivity index (χ1v) is 6.16. The summed E-state index contributed by atoms with van der Waals surface area (Å²) >= 11 is 0. The molecule has 4 nitrogen and oxygen atoms in total. The van der Waals surface area contributed by atoms with E-state index in [0.717, 1.165) is 18.9 Å². The second kappa shape index (κ2) is 5.53. The summed E-state index contributed by atoms with van der Waals surface area (Å²) < 4.78 is 0. The molecule has 1 unspecified atom stereocenters. The number of nitrogens with two attached hydrogens (primary N) is 1. The van der Waals surface area contributed by atoms with Gasteiger partial charge in [-0.15, -0.1) is 0 Å². The lowest BCUT2D eigenvalue weighted by molar-refractivity contribution is 0.169. The number of piperidine rings is 1. The zero-order valence-corrected chi connectivity index (χ0v) is 10.7. The Balaban J connectivity index is 2.38. The Hall–Kier alpha value is -0.770. The van der Waals surface area contributed by atoms with Gasteiger partial charge in [0.2, 0.25) is 0 Å². The van der Waals surface area contributed by atoms with Gasteiger partial charge in [0.1, 0.15) is 5.84 Å². The molecule has 0 bridgehead atoms. The van der Waals surface area contributed by atoms with Gasteiger partial charge in [0.25, 0.3) is 0 Å². The molecule has 0 aliphatic carbocycles. The molecule has 0 saturated carbocycles. The van der Waals surface area contributed by atoms with E-state index in [9.17, 15) is 0 Å². The van der Waals surface area contributed by atoms with Crippen LogP contribution in [-0.2, 0) is 0 Å². The van der Waals surface area contributed by atoms with Crippen LogP contribution < -0.4 is 5.73 Å². The lowest BCUT2D eigenvalue weighted by atomic mass is 9.87. The molecule has 1 saturated heterocycles. The second-order valence-electron chi connectivity index (χ2n) is 5.67. The van der Waals surface area contributed by atoms with Crippen molar-refractivity contribution in [1.82, 2.24) is 4.90 Å². The number of nitrogens with zero attached hydrogens (tertiary/aromatic N) is 2. The van der Waals surface area contributed by atoms with E-state index in [1.165, 1.54) is 25.9 Å². The average molecular weight is 227 g/mol. The summed E-state index contributed by atoms with van der Waals surface area (Å²) in [5.74, 6) is 1.14. The normalized spacial score (nSPS) is 24.7. The van der Waals surface area contributed by atoms with Crippen molar-refractivity contribution in [3.8, 4) is 0 Å². The fraction of sp³-hybridized carbons (Fsp3) is 0.917. The largest absolute Gasteiger partial charge is 0.409 e. The molecule has 0 aromatic carbocycles. The van der Waals surface area contributed by atoms with Crippen LogP contribution in [-0.4, -0.2) is 35.6 Å². The van der Waals surface area contributed by atoms with Crippen molar-refractivity contribution < 1.29 is 5.21 Å². The van der Waals surface area contributed by atoms with Crippen molar-refractivity contribution >= 4 is 5.84 Å². The van der Waals surface area contributed by atoms with Crippen LogP contribution in [0.2, 0.25) is 0 Å². The van der Waals surface area contributed by atoms with Crippen LogP contribution in [0.25, 0.3) is 0 Å². The summed E-state index contributed by atoms with van der Waals surface area (Å²) in [5.41, 5.74) is 5.46. The standard InChI is InChI=1S/C12H25N3O/c1-10-5-4-7-15(9-10)8-6-12(2,3)11(13)14-16/h10,16H,4-9H2,1-3H3,(H2,13,14). The van der Waals surface area contributed by atoms with Gasteiger partial charge in [-0.1, -0.05) is 25.9 Å². The van der Waals surface area contributed by atoms with Crippen molar-refractivity contribution in [2.75, 3.05) is 19.6 Å². The lowest BCUT2D eigenvalue weighted by Crippen LogP contribution is -2.39. The maximum atomic E-state index is 8.70. The van der Waals surface area contributed by atoms with Crippen LogP contribution in [0, 0.1) is 11.3 Å². The Bertz CT molecular complexity index is 251. The number of rotatable bonds is 4. The predicted octanol–water partition coefficient (Wildman–Crippen LogP) is 1.88. The molecule has 1 atom stereocenters. The van der Waals surface area contributed by atoms with Gasteiger partial charge in [-0.2, -0.15) is 0 Å². The lowest BCUT2D eigenvalue weighted by Gasteiger charge is -2.33. The van der Waals surface area contributed by atoms with Crippen LogP contribution in [0.15, 0.2) is 5.16 Å². The van der Waals surface area contributed by atoms with Crippen molar-refractivity contribution in [3.05, 3.63) is 0 Å². The molecule has 1 rings (SSSR count). The average Bonchev–Trinajstić information content (AvgIpc) is 2.25. The fourth-order valence-electron chi connectivity index (χ4n) is 2.19. The third-order valence-electron chi connectivity index (χ3n) is 3.60. The molecule has 1 fully saturated rings. The van der Waals surface area contributed by atoms with Crippen LogP contribution in [0.3, 0.4) is 0 Å². The topological polar surface area (TPSA) is 61.8 Å². The minimum absolute atomic E-state index is 0.213. The summed E-state index contributed by atoms with van der Waals surface area (Å²) in [5, 5.41) is 11.8. The van der Waals surface area contributed by atoms with Gasteiger partial charge in [0, 0.05) is 12.0 Å². The van der Waals surface area contributed by atoms with E-state index in [1.54, 1.807) is 0 Å². The highest BCUT2D eigenvalue weighted by molar-refractivity contribution is 5.85. The van der Waals surface area contributed by atoms with Gasteiger partial charge < -0.3 is 15.8 Å². The first-order valence-electron chi connectivity index (χ1n) is 6.16. The highest BCUT2D eigenvalue weighted by atomic mass is 16.4. The number of oxime groups is 1. The van der Waals surface area contributed by atoms with Crippen molar-refractivity contribution in [1.29, 1.82) is 0 Å². The van der Waals surface area contributed by atoms with E-state index in [1.807, 2.05) is 13.8 Å². The first kappa shape index (κ1) is 13.3. The van der Waals surface area contributed by atoms with Crippen LogP contribution in [0.5, 0.6) is 0 Å². The number of likely N-dealkylation sites (tertiary alicyclic amines) is 1. The Morgan fingerprint density at radius 3 is 2.81 bits per heavy atom. The molecule has 4 heteroatoms. The number of hydrogen-bond donors (Lipinski definition) is 2. The van der Waals surface area contributed by atoms with E-state index in [2.05, 4.69) is 17.0 Å². The Kier molecular flexibility index (Phi) is 4.59. The zero-order chi connectivity index (χ0) is 12.2. The summed E-state index contributed by atoms with van der Waals surface area (Å²) in [4.78, 5) is 2.49. The highest BCUT2D eigenvalue weighted by Crippen LogP contribution is 2.23. The van der Waals surface area contributed by atoms with Crippen LogP contribution in [0.4, 0.5) is 0 Å². The summed E-state index contributed by atoms with van der Waals surface area (Å²) in [6, 6.07) is 0. The van der Waals surface area contributed by atoms with E-state index in [-0.39, 0.29) is 5.41 Å². The minimum Gasteiger partial charge on any atom is -0.409 e. The second-order valence-corrected chi connectivity index (χ2v) is 5.67. The quantitative estimate of drug-likeness (QED) is 0.333. The molecule has 0 amide bonds. The molecule has 0 aromatic rings. The van der Waals surface area contributed by atoms with E-state index >= 15 is 0 Å². The molecular weight excluding hydrogens is 202 g/mol. The number of hydrogen-bond acceptors (Lipinski definition) is 3. The molecule has 0 radical (unpaired) electrons. The highest BCUT2D eigenvalue weighted by Gasteiger charge is 2.25. The van der Waals surface area contributed by atoms with Crippen molar-refractivity contribution in [2.24, 2.45) is 22.2 Å². The van der Waals surface area contributed by atoms with Crippen molar-refractivity contribution in [2.45, 2.75) is 40.0 Å². The molecule has 0 spiro atoms. The van der Waals surface area contributed by atoms with Gasteiger partial charge in [0.15, 0.2) is 0 Å². The van der Waals surface area contributed by atoms with E-state index in [0.29, 0.717) is 5.84 Å². The van der Waals surface area contributed by atoms with Gasteiger partial charge in [-0.25, -0.2) is 0 Å². The molecule has 0 aromatic heterocycles. The van der Waals surface area contributed by atoms with Gasteiger partial charge in [-0.05, 0) is 38.3 Å². The smallest absolute Gasteiger partial charge is 0.144 e. The third-order valence-corrected chi connectivity index (χ3v) is 3.60. The van der Waals surface area contributed by atoms with E-state index < -0.39 is 0 Å². The summed E-state index contributed by atoms with van der Waals surface area (Å²) in [7, 11) is 0. The van der Waals surface area contributed by atoms with Gasteiger partial charge in [0.05, 0.1) is 0 Å². The minimum atomic E-state index is -0.213. The Labute approximate surface area is 98.5 Å². The summed E-state index contributed by atoms with van der Waals surface area (Å²) in [6.45, 7) is 9.77. The van der Waals surface area contributed by atoms with Crippen LogP contribution >= 0.6 is 0 Å². The van der Waals surface area contributed by atoms with Gasteiger partial charge >= 0.3 is 0 Å². The monoisotopic (exact) mass is 227 g/mol. The molecule has 1 heterocycles. The molecule has 1 aliphatic rings.